The van der Waals surface area contributed by atoms with Gasteiger partial charge in [0.2, 0.25) is 5.71 Å². The quantitative estimate of drug-likeness (QED) is 0.838. The minimum atomic E-state index is -0.210. The molecule has 0 spiro atoms. The number of amides is 1. The smallest absolute Gasteiger partial charge is 0.287 e. The molecular formula is C11H15N3O2. The molecule has 0 unspecified atom stereocenters. The van der Waals surface area contributed by atoms with E-state index in [4.69, 9.17) is 4.42 Å². The lowest BCUT2D eigenvalue weighted by molar-refractivity contribution is 0.0936. The standard InChI is InChI=1S/C11H15N3O2/c1-5-14-7(3)8-6(2)9(10(15)12-4)16-11(8)13-14/h5H2,1-4H3,(H,12,15). The minimum Gasteiger partial charge on any atom is -0.431 e. The van der Waals surface area contributed by atoms with Gasteiger partial charge in [0.05, 0.1) is 5.39 Å². The summed E-state index contributed by atoms with van der Waals surface area (Å²) < 4.78 is 7.34. The van der Waals surface area contributed by atoms with Gasteiger partial charge in [-0.25, -0.2) is 0 Å². The largest absolute Gasteiger partial charge is 0.431 e. The molecule has 2 rings (SSSR count). The molecule has 16 heavy (non-hydrogen) atoms. The number of nitrogens with one attached hydrogen (secondary N) is 1. The maximum Gasteiger partial charge on any atom is 0.287 e. The summed E-state index contributed by atoms with van der Waals surface area (Å²) in [4.78, 5) is 11.5. The van der Waals surface area contributed by atoms with Crippen molar-refractivity contribution in [3.05, 3.63) is 17.0 Å². The number of aromatic nitrogens is 2. The Kier molecular flexibility index (Phi) is 2.46. The molecule has 0 aromatic carbocycles. The number of rotatable bonds is 2. The summed E-state index contributed by atoms with van der Waals surface area (Å²) >= 11 is 0. The van der Waals surface area contributed by atoms with Crippen LogP contribution in [0.25, 0.3) is 11.1 Å². The fourth-order valence-corrected chi connectivity index (χ4v) is 1.95. The second-order valence-corrected chi connectivity index (χ2v) is 3.72. The lowest BCUT2D eigenvalue weighted by atomic mass is 10.2. The second-order valence-electron chi connectivity index (χ2n) is 3.72. The molecule has 0 bridgehead atoms. The number of carbonyl (C=O) groups excluding carboxylic acids is 1. The molecule has 0 fully saturated rings. The van der Waals surface area contributed by atoms with Gasteiger partial charge in [-0.1, -0.05) is 0 Å². The van der Waals surface area contributed by atoms with Gasteiger partial charge in [-0.3, -0.25) is 9.48 Å². The number of fused-ring (bicyclic) bond motifs is 1. The van der Waals surface area contributed by atoms with E-state index in [-0.39, 0.29) is 5.91 Å². The first-order chi connectivity index (χ1) is 7.60. The number of carbonyl (C=O) groups is 1. The van der Waals surface area contributed by atoms with Crippen LogP contribution in [0.3, 0.4) is 0 Å². The Bertz CT molecular complexity index is 551. The van der Waals surface area contributed by atoms with Gasteiger partial charge in [-0.15, -0.1) is 5.10 Å². The van der Waals surface area contributed by atoms with Gasteiger partial charge in [0.15, 0.2) is 5.76 Å². The fourth-order valence-electron chi connectivity index (χ4n) is 1.95. The van der Waals surface area contributed by atoms with Gasteiger partial charge in [-0.2, -0.15) is 0 Å². The number of aryl methyl sites for hydroxylation is 3. The zero-order valence-corrected chi connectivity index (χ0v) is 9.92. The highest BCUT2D eigenvalue weighted by molar-refractivity contribution is 5.98. The van der Waals surface area contributed by atoms with Crippen molar-refractivity contribution in [3.63, 3.8) is 0 Å². The van der Waals surface area contributed by atoms with E-state index in [1.54, 1.807) is 7.05 Å². The summed E-state index contributed by atoms with van der Waals surface area (Å²) in [5.74, 6) is 0.143. The summed E-state index contributed by atoms with van der Waals surface area (Å²) in [6.45, 7) is 6.68. The Balaban J connectivity index is 2.67. The Morgan fingerprint density at radius 3 is 2.69 bits per heavy atom. The average Bonchev–Trinajstić information content (AvgIpc) is 2.76. The molecule has 0 saturated heterocycles. The molecular weight excluding hydrogens is 206 g/mol. The molecule has 0 aliphatic heterocycles. The topological polar surface area (TPSA) is 60.1 Å². The highest BCUT2D eigenvalue weighted by atomic mass is 16.4. The summed E-state index contributed by atoms with van der Waals surface area (Å²) in [6, 6.07) is 0. The third-order valence-electron chi connectivity index (χ3n) is 2.82. The van der Waals surface area contributed by atoms with Crippen LogP contribution in [0.15, 0.2) is 4.42 Å². The monoisotopic (exact) mass is 221 g/mol. The highest BCUT2D eigenvalue weighted by Gasteiger charge is 2.21. The van der Waals surface area contributed by atoms with Crippen molar-refractivity contribution >= 4 is 17.0 Å². The van der Waals surface area contributed by atoms with Gasteiger partial charge in [0, 0.05) is 24.8 Å². The highest BCUT2D eigenvalue weighted by Crippen LogP contribution is 2.27. The van der Waals surface area contributed by atoms with E-state index in [2.05, 4.69) is 10.4 Å². The van der Waals surface area contributed by atoms with Crippen molar-refractivity contribution in [1.29, 1.82) is 0 Å². The first-order valence-corrected chi connectivity index (χ1v) is 5.28. The first-order valence-electron chi connectivity index (χ1n) is 5.28. The molecule has 2 heterocycles. The number of furan rings is 1. The molecule has 0 aliphatic rings. The zero-order chi connectivity index (χ0) is 11.9. The van der Waals surface area contributed by atoms with Gasteiger partial charge < -0.3 is 9.73 Å². The summed E-state index contributed by atoms with van der Waals surface area (Å²) in [6.07, 6.45) is 0. The van der Waals surface area contributed by atoms with Crippen molar-refractivity contribution in [3.8, 4) is 0 Å². The van der Waals surface area contributed by atoms with Crippen LogP contribution < -0.4 is 5.32 Å². The van der Waals surface area contributed by atoms with Crippen LogP contribution in [-0.2, 0) is 6.54 Å². The molecule has 2 aromatic rings. The van der Waals surface area contributed by atoms with Crippen LogP contribution >= 0.6 is 0 Å². The number of hydrogen-bond donors (Lipinski definition) is 1. The molecule has 5 heteroatoms. The maximum atomic E-state index is 11.5. The Morgan fingerprint density at radius 1 is 1.50 bits per heavy atom. The number of hydrogen-bond acceptors (Lipinski definition) is 3. The fraction of sp³-hybridized carbons (Fsp3) is 0.455. The molecule has 86 valence electrons. The van der Waals surface area contributed by atoms with Crippen LogP contribution in [0.2, 0.25) is 0 Å². The first kappa shape index (κ1) is 10.7. The molecule has 1 N–H and O–H groups in total. The normalized spacial score (nSPS) is 11.0. The number of nitrogens with zero attached hydrogens (tertiary/aromatic N) is 2. The molecule has 2 aromatic heterocycles. The summed E-state index contributed by atoms with van der Waals surface area (Å²) in [7, 11) is 1.58. The van der Waals surface area contributed by atoms with Gasteiger partial charge >= 0.3 is 0 Å². The third-order valence-corrected chi connectivity index (χ3v) is 2.82. The molecule has 1 amide bonds. The van der Waals surface area contributed by atoms with Crippen molar-refractivity contribution in [1.82, 2.24) is 15.1 Å². The van der Waals surface area contributed by atoms with Gasteiger partial charge in [0.1, 0.15) is 0 Å². The van der Waals surface area contributed by atoms with Gasteiger partial charge in [-0.05, 0) is 20.8 Å². The van der Waals surface area contributed by atoms with Crippen molar-refractivity contribution < 1.29 is 9.21 Å². The lowest BCUT2D eigenvalue weighted by Crippen LogP contribution is -2.18. The van der Waals surface area contributed by atoms with Crippen LogP contribution in [-0.4, -0.2) is 22.7 Å². The van der Waals surface area contributed by atoms with E-state index in [0.717, 1.165) is 23.2 Å². The third kappa shape index (κ3) is 1.31. The van der Waals surface area contributed by atoms with E-state index < -0.39 is 0 Å². The van der Waals surface area contributed by atoms with E-state index in [1.807, 2.05) is 25.5 Å². The Hall–Kier alpha value is -1.78. The van der Waals surface area contributed by atoms with Crippen LogP contribution in [0.1, 0.15) is 28.7 Å². The Morgan fingerprint density at radius 2 is 2.19 bits per heavy atom. The van der Waals surface area contributed by atoms with Gasteiger partial charge in [0.25, 0.3) is 5.91 Å². The van der Waals surface area contributed by atoms with Crippen molar-refractivity contribution in [2.45, 2.75) is 27.3 Å². The molecule has 0 aliphatic carbocycles. The molecule has 0 saturated carbocycles. The molecule has 0 radical (unpaired) electrons. The molecule has 0 atom stereocenters. The van der Waals surface area contributed by atoms with Crippen molar-refractivity contribution in [2.24, 2.45) is 0 Å². The van der Waals surface area contributed by atoms with Crippen LogP contribution in [0.4, 0.5) is 0 Å². The summed E-state index contributed by atoms with van der Waals surface area (Å²) in [5.41, 5.74) is 2.43. The van der Waals surface area contributed by atoms with Crippen LogP contribution in [0.5, 0.6) is 0 Å². The van der Waals surface area contributed by atoms with Crippen LogP contribution in [0, 0.1) is 13.8 Å². The van der Waals surface area contributed by atoms with E-state index in [9.17, 15) is 4.79 Å². The maximum absolute atomic E-state index is 11.5. The predicted octanol–water partition coefficient (Wildman–Crippen LogP) is 1.63. The van der Waals surface area contributed by atoms with Crippen molar-refractivity contribution in [2.75, 3.05) is 7.05 Å². The summed E-state index contributed by atoms with van der Waals surface area (Å²) in [5, 5.41) is 7.80. The zero-order valence-electron chi connectivity index (χ0n) is 9.92. The van der Waals surface area contributed by atoms with E-state index in [1.165, 1.54) is 0 Å². The minimum absolute atomic E-state index is 0.210. The SMILES string of the molecule is CCn1nc2oc(C(=O)NC)c(C)c2c1C. The van der Waals surface area contributed by atoms with E-state index in [0.29, 0.717) is 11.5 Å². The second kappa shape index (κ2) is 3.66. The Labute approximate surface area is 93.4 Å². The average molecular weight is 221 g/mol. The predicted molar refractivity (Wildman–Crippen MR) is 60.5 cm³/mol. The van der Waals surface area contributed by atoms with E-state index >= 15 is 0 Å². The molecule has 5 nitrogen and oxygen atoms in total. The lowest BCUT2D eigenvalue weighted by Gasteiger charge is -1.99.